The van der Waals surface area contributed by atoms with Crippen molar-refractivity contribution in [2.24, 2.45) is 0 Å². The lowest BCUT2D eigenvalue weighted by atomic mass is 10.1. The number of hydrogen-bond acceptors (Lipinski definition) is 10. The Labute approximate surface area is 262 Å². The summed E-state index contributed by atoms with van der Waals surface area (Å²) in [5.41, 5.74) is 0.634. The third-order valence-electron chi connectivity index (χ3n) is 6.17. The molecule has 1 fully saturated rings. The van der Waals surface area contributed by atoms with Gasteiger partial charge in [0.25, 0.3) is 5.91 Å². The van der Waals surface area contributed by atoms with Crippen LogP contribution in [0.4, 0.5) is 43.9 Å². The first-order chi connectivity index (χ1) is 21.4. The van der Waals surface area contributed by atoms with Gasteiger partial charge in [0.15, 0.2) is 6.61 Å². The number of benzene rings is 2. The van der Waals surface area contributed by atoms with Gasteiger partial charge in [0.2, 0.25) is 27.8 Å². The molecule has 4 N–H and O–H groups in total. The van der Waals surface area contributed by atoms with Crippen molar-refractivity contribution in [1.29, 1.82) is 0 Å². The average Bonchev–Trinajstić information content (AvgIpc) is 3.71. The first-order valence-corrected chi connectivity index (χ1v) is 15.2. The smallest absolute Gasteiger partial charge is 0.422 e. The summed E-state index contributed by atoms with van der Waals surface area (Å²) in [4.78, 5) is 35.7. The monoisotopic (exact) mass is 695 g/mol. The lowest BCUT2D eigenvalue weighted by Gasteiger charge is -2.19. The fourth-order valence-electron chi connectivity index (χ4n) is 3.95. The van der Waals surface area contributed by atoms with E-state index in [2.05, 4.69) is 30.9 Å². The number of nitrogens with zero attached hydrogens (tertiary/aromatic N) is 3. The molecule has 4 rings (SSSR count). The predicted molar refractivity (Wildman–Crippen MR) is 152 cm³/mol. The van der Waals surface area contributed by atoms with Gasteiger partial charge in [-0.15, -0.1) is 0 Å². The SMILES string of the molecule is O=C(CC(F)(F)F)NS(=O)(=O)CCNC(=O)c1ccc(Nc2nc(NC3(c4ccc(Cl)cc4)CC3)nc(OCC(F)(F)F)n2)cc1. The van der Waals surface area contributed by atoms with Gasteiger partial charge >= 0.3 is 18.4 Å². The number of hydrogen-bond donors (Lipinski definition) is 4. The van der Waals surface area contributed by atoms with Crippen LogP contribution in [0.3, 0.4) is 0 Å². The Bertz CT molecular complexity index is 1670. The molecule has 0 spiro atoms. The van der Waals surface area contributed by atoms with Crippen molar-refractivity contribution in [1.82, 2.24) is 25.0 Å². The number of sulfonamides is 1. The molecule has 0 aliphatic heterocycles. The maximum Gasteiger partial charge on any atom is 0.422 e. The van der Waals surface area contributed by atoms with Gasteiger partial charge < -0.3 is 20.7 Å². The quantitative estimate of drug-likeness (QED) is 0.188. The molecule has 1 saturated carbocycles. The van der Waals surface area contributed by atoms with Gasteiger partial charge in [0, 0.05) is 22.8 Å². The topological polar surface area (TPSA) is 164 Å². The number of carbonyl (C=O) groups excluding carboxylic acids is 2. The minimum absolute atomic E-state index is 0.0508. The molecular formula is C26H24ClF6N7O5S. The van der Waals surface area contributed by atoms with Gasteiger partial charge in [-0.3, -0.25) is 14.3 Å². The average molecular weight is 696 g/mol. The van der Waals surface area contributed by atoms with Crippen LogP contribution in [-0.2, 0) is 20.4 Å². The number of nitrogens with one attached hydrogen (secondary N) is 4. The lowest BCUT2D eigenvalue weighted by molar-refractivity contribution is -0.155. The number of halogens is 7. The lowest BCUT2D eigenvalue weighted by Crippen LogP contribution is -2.38. The zero-order valence-corrected chi connectivity index (χ0v) is 24.9. The minimum Gasteiger partial charge on any atom is -0.454 e. The van der Waals surface area contributed by atoms with Crippen LogP contribution in [0, 0.1) is 0 Å². The highest BCUT2D eigenvalue weighted by Gasteiger charge is 2.45. The fourth-order valence-corrected chi connectivity index (χ4v) is 4.97. The highest BCUT2D eigenvalue weighted by atomic mass is 35.5. The molecule has 1 heterocycles. The first-order valence-electron chi connectivity index (χ1n) is 13.2. The summed E-state index contributed by atoms with van der Waals surface area (Å²) in [6.45, 7) is -2.17. The molecule has 20 heteroatoms. The molecule has 2 amide bonds. The van der Waals surface area contributed by atoms with E-state index in [1.165, 1.54) is 29.0 Å². The van der Waals surface area contributed by atoms with Crippen LogP contribution in [0.5, 0.6) is 6.01 Å². The van der Waals surface area contributed by atoms with E-state index < -0.39 is 71.1 Å². The summed E-state index contributed by atoms with van der Waals surface area (Å²) < 4.78 is 105. The Hall–Kier alpha value is -4.39. The van der Waals surface area contributed by atoms with Gasteiger partial charge in [-0.1, -0.05) is 23.7 Å². The molecule has 248 valence electrons. The highest BCUT2D eigenvalue weighted by molar-refractivity contribution is 7.90. The number of anilines is 3. The van der Waals surface area contributed by atoms with Crippen LogP contribution < -0.4 is 25.4 Å². The molecule has 1 aliphatic carbocycles. The maximum atomic E-state index is 12.8. The molecule has 0 saturated heterocycles. The fraction of sp³-hybridized carbons (Fsp3) is 0.346. The molecule has 0 unspecified atom stereocenters. The van der Waals surface area contributed by atoms with Crippen molar-refractivity contribution in [3.8, 4) is 6.01 Å². The van der Waals surface area contributed by atoms with Gasteiger partial charge in [0.1, 0.15) is 6.42 Å². The van der Waals surface area contributed by atoms with E-state index in [4.69, 9.17) is 16.3 Å². The number of carbonyl (C=O) groups is 2. The summed E-state index contributed by atoms with van der Waals surface area (Å²) in [6.07, 6.45) is -10.2. The molecule has 1 aliphatic rings. The summed E-state index contributed by atoms with van der Waals surface area (Å²) >= 11 is 5.97. The second-order valence-electron chi connectivity index (χ2n) is 9.98. The minimum atomic E-state index is -4.89. The van der Waals surface area contributed by atoms with Crippen LogP contribution in [0.2, 0.25) is 5.02 Å². The van der Waals surface area contributed by atoms with Crippen LogP contribution in [0.15, 0.2) is 48.5 Å². The van der Waals surface area contributed by atoms with Crippen molar-refractivity contribution in [2.45, 2.75) is 37.2 Å². The van der Waals surface area contributed by atoms with Crippen LogP contribution in [0.25, 0.3) is 0 Å². The van der Waals surface area contributed by atoms with E-state index in [0.29, 0.717) is 23.6 Å². The van der Waals surface area contributed by atoms with Gasteiger partial charge in [0.05, 0.1) is 11.3 Å². The second kappa shape index (κ2) is 13.5. The third-order valence-corrected chi connectivity index (χ3v) is 7.70. The van der Waals surface area contributed by atoms with Crippen LogP contribution >= 0.6 is 11.6 Å². The maximum absolute atomic E-state index is 12.8. The Balaban J connectivity index is 1.40. The van der Waals surface area contributed by atoms with Crippen molar-refractivity contribution in [3.05, 3.63) is 64.7 Å². The third kappa shape index (κ3) is 10.6. The Kier molecular flexibility index (Phi) is 10.1. The number of rotatable bonds is 13. The highest BCUT2D eigenvalue weighted by Crippen LogP contribution is 2.48. The van der Waals surface area contributed by atoms with E-state index in [0.717, 1.165) is 5.56 Å². The van der Waals surface area contributed by atoms with Crippen LogP contribution in [0.1, 0.15) is 35.2 Å². The number of ether oxygens (including phenoxy) is 1. The molecule has 0 bridgehead atoms. The normalized spacial score (nSPS) is 14.2. The first kappa shape index (κ1) is 34.5. The molecule has 12 nitrogen and oxygen atoms in total. The number of aromatic nitrogens is 3. The van der Waals surface area contributed by atoms with Crippen molar-refractivity contribution in [3.63, 3.8) is 0 Å². The van der Waals surface area contributed by atoms with Crippen molar-refractivity contribution < 1.29 is 49.1 Å². The van der Waals surface area contributed by atoms with Crippen LogP contribution in [-0.4, -0.2) is 66.4 Å². The molecule has 0 atom stereocenters. The molecule has 3 aromatic rings. The largest absolute Gasteiger partial charge is 0.454 e. The van der Waals surface area contributed by atoms with E-state index >= 15 is 0 Å². The van der Waals surface area contributed by atoms with Crippen molar-refractivity contribution >= 4 is 51.0 Å². The summed E-state index contributed by atoms with van der Waals surface area (Å²) in [5, 5.41) is 8.70. The van der Waals surface area contributed by atoms with Crippen molar-refractivity contribution in [2.75, 3.05) is 29.5 Å². The molecule has 2 aromatic carbocycles. The second-order valence-corrected chi connectivity index (χ2v) is 12.3. The summed E-state index contributed by atoms with van der Waals surface area (Å²) in [6, 6.07) is 11.8. The summed E-state index contributed by atoms with van der Waals surface area (Å²) in [7, 11) is -4.44. The Morgan fingerprint density at radius 3 is 2.11 bits per heavy atom. The Morgan fingerprint density at radius 1 is 0.891 bits per heavy atom. The zero-order chi connectivity index (χ0) is 33.8. The van der Waals surface area contributed by atoms with E-state index in [9.17, 15) is 44.3 Å². The standard InChI is InChI=1S/C26H24ClF6N7O5S/c27-17-5-3-16(4-6-17)24(9-10-24)39-22-36-21(37-23(38-22)45-14-26(31,32)33)35-18-7-1-15(2-8-18)20(42)34-11-12-46(43,44)40-19(41)13-25(28,29)30/h1-8H,9-14H2,(H,34,42)(H,40,41)(H2,35,36,37,38,39). The molecule has 1 aromatic heterocycles. The zero-order valence-electron chi connectivity index (χ0n) is 23.3. The van der Waals surface area contributed by atoms with E-state index in [1.807, 2.05) is 0 Å². The Morgan fingerprint density at radius 2 is 1.52 bits per heavy atom. The summed E-state index contributed by atoms with van der Waals surface area (Å²) in [5.74, 6) is -3.61. The number of alkyl halides is 6. The van der Waals surface area contributed by atoms with Gasteiger partial charge in [-0.25, -0.2) is 8.42 Å². The molecule has 46 heavy (non-hydrogen) atoms. The van der Waals surface area contributed by atoms with Gasteiger partial charge in [-0.2, -0.15) is 41.3 Å². The molecular weight excluding hydrogens is 672 g/mol. The molecule has 0 radical (unpaired) electrons. The van der Waals surface area contributed by atoms with E-state index in [1.54, 1.807) is 24.3 Å². The van der Waals surface area contributed by atoms with Gasteiger partial charge in [-0.05, 0) is 54.8 Å². The van der Waals surface area contributed by atoms with E-state index in [-0.39, 0.29) is 17.5 Å². The number of amides is 2. The predicted octanol–water partition coefficient (Wildman–Crippen LogP) is 4.44.